The van der Waals surface area contributed by atoms with Crippen LogP contribution in [0.4, 0.5) is 0 Å². The van der Waals surface area contributed by atoms with Gasteiger partial charge < -0.3 is 0 Å². The van der Waals surface area contributed by atoms with Gasteiger partial charge in [-0.3, -0.25) is 0 Å². The van der Waals surface area contributed by atoms with E-state index in [1.165, 1.54) is 141 Å². The molecule has 6 aromatic carbocycles. The van der Waals surface area contributed by atoms with Gasteiger partial charge in [0.25, 0.3) is 0 Å². The summed E-state index contributed by atoms with van der Waals surface area (Å²) in [5, 5.41) is 0. The first kappa shape index (κ1) is 35.2. The molecule has 0 atom stereocenters. The van der Waals surface area contributed by atoms with Crippen LogP contribution in [0.5, 0.6) is 0 Å². The lowest BCUT2D eigenvalue weighted by atomic mass is 9.89. The van der Waals surface area contributed by atoms with E-state index in [2.05, 4.69) is 162 Å². The first-order valence-electron chi connectivity index (χ1n) is 18.9. The highest BCUT2D eigenvalue weighted by Gasteiger charge is 2.11. The van der Waals surface area contributed by atoms with E-state index in [0.29, 0.717) is 0 Å². The number of benzene rings is 6. The van der Waals surface area contributed by atoms with Crippen molar-refractivity contribution >= 4 is 0 Å². The van der Waals surface area contributed by atoms with Crippen LogP contribution >= 0.6 is 0 Å². The van der Waals surface area contributed by atoms with Crippen LogP contribution in [-0.2, 0) is 12.8 Å². The third-order valence-corrected chi connectivity index (χ3v) is 10.5. The lowest BCUT2D eigenvalue weighted by molar-refractivity contribution is 0.579. The van der Waals surface area contributed by atoms with Gasteiger partial charge in [0.1, 0.15) is 0 Å². The van der Waals surface area contributed by atoms with E-state index in [4.69, 9.17) is 0 Å². The van der Waals surface area contributed by atoms with Crippen molar-refractivity contribution in [3.05, 3.63) is 166 Å². The molecule has 50 heavy (non-hydrogen) atoms. The second-order valence-corrected chi connectivity index (χ2v) is 14.5. The zero-order valence-corrected chi connectivity index (χ0v) is 31.0. The largest absolute Gasteiger partial charge is 0.0622 e. The molecule has 0 unspecified atom stereocenters. The van der Waals surface area contributed by atoms with Crippen molar-refractivity contribution in [3.8, 4) is 44.5 Å². The highest BCUT2D eigenvalue weighted by atomic mass is 14.2. The molecular formula is C50H54. The SMILES string of the molecule is Cc1cc(CCCCCCCCCc2cc(C)c(-c3ccc(-c4ccccc4)c(C)c3)c(C)c2)ccc1-c1ccc(-c2ccccc2)c(C)c1. The fourth-order valence-corrected chi connectivity index (χ4v) is 7.93. The van der Waals surface area contributed by atoms with Crippen molar-refractivity contribution < 1.29 is 0 Å². The van der Waals surface area contributed by atoms with Crippen LogP contribution in [0.2, 0.25) is 0 Å². The molecule has 0 aliphatic heterocycles. The van der Waals surface area contributed by atoms with Crippen LogP contribution in [0.1, 0.15) is 83.9 Å². The van der Waals surface area contributed by atoms with Gasteiger partial charge in [-0.2, -0.15) is 0 Å². The zero-order valence-electron chi connectivity index (χ0n) is 31.0. The van der Waals surface area contributed by atoms with Crippen LogP contribution in [-0.4, -0.2) is 0 Å². The summed E-state index contributed by atoms with van der Waals surface area (Å²) in [5.74, 6) is 0. The van der Waals surface area contributed by atoms with E-state index in [0.717, 1.165) is 0 Å². The van der Waals surface area contributed by atoms with Crippen LogP contribution < -0.4 is 0 Å². The molecule has 6 aromatic rings. The van der Waals surface area contributed by atoms with Crippen LogP contribution in [0, 0.1) is 34.6 Å². The molecule has 0 radical (unpaired) electrons. The van der Waals surface area contributed by atoms with Crippen molar-refractivity contribution in [3.63, 3.8) is 0 Å². The topological polar surface area (TPSA) is 0 Å². The molecule has 254 valence electrons. The summed E-state index contributed by atoms with van der Waals surface area (Å²) in [7, 11) is 0. The van der Waals surface area contributed by atoms with Gasteiger partial charge in [0.05, 0.1) is 0 Å². The van der Waals surface area contributed by atoms with Gasteiger partial charge in [0, 0.05) is 0 Å². The van der Waals surface area contributed by atoms with Gasteiger partial charge in [-0.15, -0.1) is 0 Å². The summed E-state index contributed by atoms with van der Waals surface area (Å²) in [5.41, 5.74) is 20.4. The molecule has 0 fully saturated rings. The van der Waals surface area contributed by atoms with Crippen molar-refractivity contribution in [2.45, 2.75) is 92.4 Å². The summed E-state index contributed by atoms with van der Waals surface area (Å²) in [6.07, 6.45) is 11.6. The normalized spacial score (nSPS) is 11.2. The second kappa shape index (κ2) is 16.8. The van der Waals surface area contributed by atoms with Crippen LogP contribution in [0.15, 0.2) is 127 Å². The first-order chi connectivity index (χ1) is 24.4. The first-order valence-corrected chi connectivity index (χ1v) is 18.9. The zero-order chi connectivity index (χ0) is 34.9. The summed E-state index contributed by atoms with van der Waals surface area (Å²) in [6, 6.07) is 47.2. The molecule has 0 saturated heterocycles. The molecule has 0 N–H and O–H groups in total. The van der Waals surface area contributed by atoms with Crippen molar-refractivity contribution in [2.24, 2.45) is 0 Å². The summed E-state index contributed by atoms with van der Waals surface area (Å²) < 4.78 is 0. The number of hydrogen-bond donors (Lipinski definition) is 0. The molecule has 0 aromatic heterocycles. The summed E-state index contributed by atoms with van der Waals surface area (Å²) >= 11 is 0. The average molecular weight is 655 g/mol. The number of hydrogen-bond acceptors (Lipinski definition) is 0. The summed E-state index contributed by atoms with van der Waals surface area (Å²) in [6.45, 7) is 11.3. The van der Waals surface area contributed by atoms with E-state index in [1.54, 1.807) is 0 Å². The molecule has 0 heteroatoms. The standard InChI is InChI=1S/C50H54/c1-36-31-41(25-28-49(36)45-26-29-47(37(2)34-45)43-21-15-11-16-22-43)19-13-9-7-6-8-10-14-20-42-32-39(4)50(40(5)33-42)46-27-30-48(38(3)35-46)44-23-17-12-18-24-44/h11-12,15-18,21-35H,6-10,13-14,19-20H2,1-5H3. The van der Waals surface area contributed by atoms with Crippen molar-refractivity contribution in [1.82, 2.24) is 0 Å². The molecule has 0 aliphatic carbocycles. The predicted molar refractivity (Wildman–Crippen MR) is 218 cm³/mol. The highest BCUT2D eigenvalue weighted by molar-refractivity contribution is 5.77. The van der Waals surface area contributed by atoms with Crippen LogP contribution in [0.25, 0.3) is 44.5 Å². The number of aryl methyl sites for hydroxylation is 7. The van der Waals surface area contributed by atoms with Gasteiger partial charge >= 0.3 is 0 Å². The molecule has 0 saturated carbocycles. The summed E-state index contributed by atoms with van der Waals surface area (Å²) in [4.78, 5) is 0. The Kier molecular flexibility index (Phi) is 11.8. The molecule has 0 amide bonds. The smallest absolute Gasteiger partial charge is 0.0125 e. The average Bonchev–Trinajstić information content (AvgIpc) is 3.11. The lowest BCUT2D eigenvalue weighted by Gasteiger charge is -2.15. The Balaban J connectivity index is 0.908. The quantitative estimate of drug-likeness (QED) is 0.103. The Morgan fingerprint density at radius 1 is 0.300 bits per heavy atom. The highest BCUT2D eigenvalue weighted by Crippen LogP contribution is 2.34. The lowest BCUT2D eigenvalue weighted by Crippen LogP contribution is -1.95. The van der Waals surface area contributed by atoms with E-state index < -0.39 is 0 Å². The van der Waals surface area contributed by atoms with Gasteiger partial charge in [-0.1, -0.05) is 159 Å². The van der Waals surface area contributed by atoms with Gasteiger partial charge in [0.15, 0.2) is 0 Å². The predicted octanol–water partition coefficient (Wildman–Crippen LogP) is 14.4. The molecule has 6 rings (SSSR count). The third kappa shape index (κ3) is 8.72. The fraction of sp³-hybridized carbons (Fsp3) is 0.280. The molecule has 0 bridgehead atoms. The minimum atomic E-state index is 1.18. The van der Waals surface area contributed by atoms with Crippen molar-refractivity contribution in [2.75, 3.05) is 0 Å². The molecule has 0 nitrogen and oxygen atoms in total. The molecular weight excluding hydrogens is 601 g/mol. The molecule has 0 heterocycles. The van der Waals surface area contributed by atoms with E-state index in [1.807, 2.05) is 0 Å². The third-order valence-electron chi connectivity index (χ3n) is 10.5. The Hall–Kier alpha value is -4.68. The van der Waals surface area contributed by atoms with E-state index >= 15 is 0 Å². The monoisotopic (exact) mass is 654 g/mol. The van der Waals surface area contributed by atoms with E-state index in [9.17, 15) is 0 Å². The maximum atomic E-state index is 2.43. The second-order valence-electron chi connectivity index (χ2n) is 14.5. The Bertz CT molecular complexity index is 1990. The van der Waals surface area contributed by atoms with Gasteiger partial charge in [-0.25, -0.2) is 0 Å². The Morgan fingerprint density at radius 3 is 1.22 bits per heavy atom. The van der Waals surface area contributed by atoms with E-state index in [-0.39, 0.29) is 0 Å². The maximum absolute atomic E-state index is 2.43. The number of unbranched alkanes of at least 4 members (excludes halogenated alkanes) is 6. The minimum Gasteiger partial charge on any atom is -0.0622 e. The fourth-order valence-electron chi connectivity index (χ4n) is 7.93. The maximum Gasteiger partial charge on any atom is -0.0125 e. The van der Waals surface area contributed by atoms with Crippen molar-refractivity contribution in [1.29, 1.82) is 0 Å². The molecule has 0 spiro atoms. The minimum absolute atomic E-state index is 1.18. The van der Waals surface area contributed by atoms with Gasteiger partial charge in [0.2, 0.25) is 0 Å². The Morgan fingerprint density at radius 2 is 0.700 bits per heavy atom. The van der Waals surface area contributed by atoms with Gasteiger partial charge in [-0.05, 0) is 144 Å². The van der Waals surface area contributed by atoms with Crippen LogP contribution in [0.3, 0.4) is 0 Å². The Labute approximate surface area is 302 Å². The number of rotatable bonds is 14. The molecule has 0 aliphatic rings.